The van der Waals surface area contributed by atoms with Gasteiger partial charge in [-0.05, 0) is 18.9 Å². The molecule has 112 valence electrons. The SMILES string of the molecule is CC(C)C(C)n1c(O)c(-c2ccccc2F)c(=O)[nH]c1=O. The number of aromatic hydroxyl groups is 1. The summed E-state index contributed by atoms with van der Waals surface area (Å²) in [5.41, 5.74) is -1.80. The smallest absolute Gasteiger partial charge is 0.331 e. The summed E-state index contributed by atoms with van der Waals surface area (Å²) in [7, 11) is 0. The van der Waals surface area contributed by atoms with Crippen LogP contribution >= 0.6 is 0 Å². The van der Waals surface area contributed by atoms with Crippen molar-refractivity contribution in [1.82, 2.24) is 9.55 Å². The number of halogens is 1. The molecule has 0 spiro atoms. The highest BCUT2D eigenvalue weighted by atomic mass is 19.1. The van der Waals surface area contributed by atoms with Crippen molar-refractivity contribution in [2.45, 2.75) is 26.8 Å². The van der Waals surface area contributed by atoms with Gasteiger partial charge in [0.05, 0.1) is 0 Å². The summed E-state index contributed by atoms with van der Waals surface area (Å²) < 4.78 is 15.0. The molecule has 0 fully saturated rings. The average Bonchev–Trinajstić information content (AvgIpc) is 2.40. The maximum absolute atomic E-state index is 13.9. The molecule has 0 radical (unpaired) electrons. The fourth-order valence-corrected chi connectivity index (χ4v) is 2.12. The summed E-state index contributed by atoms with van der Waals surface area (Å²) >= 11 is 0. The molecule has 6 heteroatoms. The number of nitrogens with zero attached hydrogens (tertiary/aromatic N) is 1. The molecule has 0 bridgehead atoms. The van der Waals surface area contributed by atoms with E-state index in [9.17, 15) is 19.1 Å². The van der Waals surface area contributed by atoms with Crippen LogP contribution < -0.4 is 11.2 Å². The lowest BCUT2D eigenvalue weighted by Gasteiger charge is -2.21. The first kappa shape index (κ1) is 15.0. The lowest BCUT2D eigenvalue weighted by Crippen LogP contribution is -2.34. The third-order valence-corrected chi connectivity index (χ3v) is 3.63. The molecule has 2 rings (SSSR count). The summed E-state index contributed by atoms with van der Waals surface area (Å²) in [5, 5.41) is 10.3. The largest absolute Gasteiger partial charge is 0.494 e. The Bertz CT molecular complexity index is 777. The normalized spacial score (nSPS) is 12.6. The van der Waals surface area contributed by atoms with Crippen molar-refractivity contribution in [2.24, 2.45) is 5.92 Å². The molecule has 2 N–H and O–H groups in total. The van der Waals surface area contributed by atoms with Crippen LogP contribution in [0.2, 0.25) is 0 Å². The maximum atomic E-state index is 13.9. The van der Waals surface area contributed by atoms with E-state index in [1.807, 2.05) is 13.8 Å². The van der Waals surface area contributed by atoms with Gasteiger partial charge in [0.25, 0.3) is 5.56 Å². The Morgan fingerprint density at radius 3 is 2.38 bits per heavy atom. The predicted molar refractivity (Wildman–Crippen MR) is 77.9 cm³/mol. The van der Waals surface area contributed by atoms with Gasteiger partial charge in [-0.1, -0.05) is 32.0 Å². The van der Waals surface area contributed by atoms with Gasteiger partial charge in [-0.25, -0.2) is 9.18 Å². The van der Waals surface area contributed by atoms with Crippen molar-refractivity contribution in [2.75, 3.05) is 0 Å². The summed E-state index contributed by atoms with van der Waals surface area (Å²) in [6.45, 7) is 5.50. The van der Waals surface area contributed by atoms with Crippen LogP contribution in [0.15, 0.2) is 33.9 Å². The number of aromatic nitrogens is 2. The van der Waals surface area contributed by atoms with Crippen molar-refractivity contribution >= 4 is 0 Å². The topological polar surface area (TPSA) is 75.1 Å². The van der Waals surface area contributed by atoms with E-state index in [-0.39, 0.29) is 23.1 Å². The van der Waals surface area contributed by atoms with E-state index in [1.165, 1.54) is 18.2 Å². The van der Waals surface area contributed by atoms with Crippen LogP contribution in [0.25, 0.3) is 11.1 Å². The zero-order valence-corrected chi connectivity index (χ0v) is 12.1. The van der Waals surface area contributed by atoms with E-state index < -0.39 is 22.9 Å². The van der Waals surface area contributed by atoms with E-state index in [0.29, 0.717) is 0 Å². The molecule has 1 heterocycles. The minimum absolute atomic E-state index is 0.0408. The molecule has 1 atom stereocenters. The second-order valence-corrected chi connectivity index (χ2v) is 5.29. The fraction of sp³-hybridized carbons (Fsp3) is 0.333. The van der Waals surface area contributed by atoms with Gasteiger partial charge >= 0.3 is 5.69 Å². The minimum atomic E-state index is -0.810. The van der Waals surface area contributed by atoms with Gasteiger partial charge in [0.2, 0.25) is 5.88 Å². The van der Waals surface area contributed by atoms with Crippen LogP contribution in [0, 0.1) is 11.7 Å². The number of H-pyrrole nitrogens is 1. The number of benzene rings is 1. The van der Waals surface area contributed by atoms with E-state index in [4.69, 9.17) is 0 Å². The number of rotatable bonds is 3. The van der Waals surface area contributed by atoms with Gasteiger partial charge in [-0.3, -0.25) is 14.3 Å². The average molecular weight is 292 g/mol. The van der Waals surface area contributed by atoms with Crippen LogP contribution in [0.4, 0.5) is 4.39 Å². The Morgan fingerprint density at radius 1 is 1.19 bits per heavy atom. The Kier molecular flexibility index (Phi) is 3.97. The minimum Gasteiger partial charge on any atom is -0.494 e. The summed E-state index contributed by atoms with van der Waals surface area (Å²) in [4.78, 5) is 26.0. The molecule has 2 aromatic rings. The van der Waals surface area contributed by atoms with E-state index >= 15 is 0 Å². The third-order valence-electron chi connectivity index (χ3n) is 3.63. The second-order valence-electron chi connectivity index (χ2n) is 5.29. The van der Waals surface area contributed by atoms with Gasteiger partial charge in [0, 0.05) is 11.6 Å². The first-order valence-corrected chi connectivity index (χ1v) is 6.67. The van der Waals surface area contributed by atoms with Crippen molar-refractivity contribution in [3.63, 3.8) is 0 Å². The van der Waals surface area contributed by atoms with Gasteiger partial charge < -0.3 is 5.11 Å². The Labute approximate surface area is 120 Å². The van der Waals surface area contributed by atoms with Crippen molar-refractivity contribution in [3.05, 3.63) is 50.9 Å². The number of hydrogen-bond acceptors (Lipinski definition) is 3. The zero-order valence-electron chi connectivity index (χ0n) is 12.1. The predicted octanol–water partition coefficient (Wildman–Crippen LogP) is 2.27. The van der Waals surface area contributed by atoms with Crippen LogP contribution in [-0.2, 0) is 0 Å². The number of aromatic amines is 1. The first-order valence-electron chi connectivity index (χ1n) is 6.67. The highest BCUT2D eigenvalue weighted by Gasteiger charge is 2.22. The Balaban J connectivity index is 2.81. The monoisotopic (exact) mass is 292 g/mol. The van der Waals surface area contributed by atoms with Gasteiger partial charge in [0.15, 0.2) is 0 Å². The van der Waals surface area contributed by atoms with Crippen molar-refractivity contribution in [3.8, 4) is 17.0 Å². The van der Waals surface area contributed by atoms with Crippen LogP contribution in [0.3, 0.4) is 0 Å². The fourth-order valence-electron chi connectivity index (χ4n) is 2.12. The second kappa shape index (κ2) is 5.55. The Morgan fingerprint density at radius 2 is 1.81 bits per heavy atom. The molecule has 5 nitrogen and oxygen atoms in total. The molecular weight excluding hydrogens is 275 g/mol. The summed E-state index contributed by atoms with van der Waals surface area (Å²) in [6, 6.07) is 5.26. The molecule has 1 aromatic carbocycles. The molecule has 0 saturated carbocycles. The van der Waals surface area contributed by atoms with E-state index in [2.05, 4.69) is 4.98 Å². The third kappa shape index (κ3) is 2.61. The summed E-state index contributed by atoms with van der Waals surface area (Å²) in [5.74, 6) is -1.11. The van der Waals surface area contributed by atoms with Crippen LogP contribution in [0.5, 0.6) is 5.88 Å². The van der Waals surface area contributed by atoms with Crippen molar-refractivity contribution < 1.29 is 9.50 Å². The standard InChI is InChI=1S/C15H17FN2O3/c1-8(2)9(3)18-14(20)12(13(19)17-15(18)21)10-6-4-5-7-11(10)16/h4-9,20H,1-3H3,(H,17,19,21). The number of nitrogens with one attached hydrogen (secondary N) is 1. The Hall–Kier alpha value is -2.37. The molecule has 0 saturated heterocycles. The van der Waals surface area contributed by atoms with E-state index in [1.54, 1.807) is 13.0 Å². The molecule has 1 aromatic heterocycles. The van der Waals surface area contributed by atoms with Gasteiger partial charge in [-0.15, -0.1) is 0 Å². The summed E-state index contributed by atoms with van der Waals surface area (Å²) in [6.07, 6.45) is 0. The quantitative estimate of drug-likeness (QED) is 0.911. The van der Waals surface area contributed by atoms with Crippen molar-refractivity contribution in [1.29, 1.82) is 0 Å². The molecule has 0 aliphatic carbocycles. The number of hydrogen-bond donors (Lipinski definition) is 2. The molecule has 21 heavy (non-hydrogen) atoms. The molecule has 0 aliphatic rings. The molecular formula is C15H17FN2O3. The van der Waals surface area contributed by atoms with Crippen LogP contribution in [-0.4, -0.2) is 14.7 Å². The highest BCUT2D eigenvalue weighted by molar-refractivity contribution is 5.67. The van der Waals surface area contributed by atoms with E-state index in [0.717, 1.165) is 4.57 Å². The van der Waals surface area contributed by atoms with Crippen LogP contribution in [0.1, 0.15) is 26.8 Å². The highest BCUT2D eigenvalue weighted by Crippen LogP contribution is 2.29. The lowest BCUT2D eigenvalue weighted by atomic mass is 10.0. The van der Waals surface area contributed by atoms with Gasteiger partial charge in [-0.2, -0.15) is 0 Å². The maximum Gasteiger partial charge on any atom is 0.331 e. The zero-order chi connectivity index (χ0) is 15.7. The lowest BCUT2D eigenvalue weighted by molar-refractivity contribution is 0.326. The molecule has 0 aliphatic heterocycles. The first-order chi connectivity index (χ1) is 9.84. The van der Waals surface area contributed by atoms with Gasteiger partial charge in [0.1, 0.15) is 11.4 Å². The molecule has 1 unspecified atom stereocenters. The molecule has 0 amide bonds.